The van der Waals surface area contributed by atoms with E-state index in [0.29, 0.717) is 13.2 Å². The zero-order valence-electron chi connectivity index (χ0n) is 19.6. The number of morpholine rings is 1. The number of rotatable bonds is 7. The molecule has 1 atom stereocenters. The van der Waals surface area contributed by atoms with Gasteiger partial charge in [-0.15, -0.1) is 0 Å². The summed E-state index contributed by atoms with van der Waals surface area (Å²) < 4.78 is 18.5. The van der Waals surface area contributed by atoms with Crippen molar-refractivity contribution < 1.29 is 14.2 Å². The van der Waals surface area contributed by atoms with E-state index >= 15 is 0 Å². The Balaban J connectivity index is 1.57. The van der Waals surface area contributed by atoms with Gasteiger partial charge in [-0.1, -0.05) is 0 Å². The second-order valence-electron chi connectivity index (χ2n) is 8.24. The Morgan fingerprint density at radius 3 is 2.56 bits per heavy atom. The van der Waals surface area contributed by atoms with Crippen LogP contribution in [0.4, 0.5) is 11.4 Å². The van der Waals surface area contributed by atoms with E-state index in [4.69, 9.17) is 19.2 Å². The Bertz CT molecular complexity index is 1260. The molecule has 34 heavy (non-hydrogen) atoms. The summed E-state index contributed by atoms with van der Waals surface area (Å²) in [5, 5.41) is 7.80. The first-order chi connectivity index (χ1) is 16.6. The number of nitrogens with zero attached hydrogens (tertiary/aromatic N) is 5. The van der Waals surface area contributed by atoms with E-state index in [1.165, 1.54) is 0 Å². The van der Waals surface area contributed by atoms with E-state index in [1.54, 1.807) is 31.3 Å². The molecule has 1 unspecified atom stereocenters. The van der Waals surface area contributed by atoms with E-state index in [2.05, 4.69) is 32.4 Å². The summed E-state index contributed by atoms with van der Waals surface area (Å²) in [4.78, 5) is 11.7. The summed E-state index contributed by atoms with van der Waals surface area (Å²) in [6.07, 6.45) is 5.51. The highest BCUT2D eigenvalue weighted by molar-refractivity contribution is 5.82. The fraction of sp³-hybridized carbons (Fsp3) is 0.320. The second-order valence-corrected chi connectivity index (χ2v) is 8.24. The largest absolute Gasteiger partial charge is 0.497 e. The van der Waals surface area contributed by atoms with Crippen molar-refractivity contribution in [1.29, 1.82) is 0 Å². The van der Waals surface area contributed by atoms with Crippen molar-refractivity contribution in [2.45, 2.75) is 6.04 Å². The van der Waals surface area contributed by atoms with Gasteiger partial charge >= 0.3 is 0 Å². The molecule has 176 valence electrons. The predicted molar refractivity (Wildman–Crippen MR) is 131 cm³/mol. The lowest BCUT2D eigenvalue weighted by molar-refractivity contribution is 0.0794. The van der Waals surface area contributed by atoms with E-state index in [0.717, 1.165) is 58.3 Å². The van der Waals surface area contributed by atoms with Gasteiger partial charge in [0.2, 0.25) is 0 Å². The van der Waals surface area contributed by atoms with E-state index < -0.39 is 0 Å². The first-order valence-electron chi connectivity index (χ1n) is 11.2. The van der Waals surface area contributed by atoms with Crippen molar-refractivity contribution in [3.05, 3.63) is 55.0 Å². The van der Waals surface area contributed by atoms with Crippen molar-refractivity contribution in [2.24, 2.45) is 7.05 Å². The second kappa shape index (κ2) is 9.66. The van der Waals surface area contributed by atoms with Gasteiger partial charge in [0.15, 0.2) is 0 Å². The van der Waals surface area contributed by atoms with Crippen molar-refractivity contribution in [2.75, 3.05) is 45.4 Å². The average molecular weight is 461 g/mol. The zero-order valence-corrected chi connectivity index (χ0v) is 19.6. The van der Waals surface area contributed by atoms with E-state index in [1.807, 2.05) is 37.5 Å². The van der Waals surface area contributed by atoms with Gasteiger partial charge in [-0.25, -0.2) is 4.98 Å². The highest BCUT2D eigenvalue weighted by Gasteiger charge is 2.21. The molecular formula is C25H28N6O3. The van der Waals surface area contributed by atoms with Crippen molar-refractivity contribution in [3.63, 3.8) is 0 Å². The third-order valence-electron chi connectivity index (χ3n) is 5.89. The lowest BCUT2D eigenvalue weighted by Crippen LogP contribution is -2.47. The van der Waals surface area contributed by atoms with Crippen molar-refractivity contribution in [3.8, 4) is 22.8 Å². The maximum atomic E-state index is 5.71. The molecule has 2 aromatic carbocycles. The molecule has 2 aromatic heterocycles. The topological polar surface area (TPSA) is 86.6 Å². The summed E-state index contributed by atoms with van der Waals surface area (Å²) in [6.45, 7) is 2.91. The molecule has 0 aliphatic carbocycles. The lowest BCUT2D eigenvalue weighted by atomic mass is 10.1. The number of aryl methyl sites for hydroxylation is 1. The molecule has 9 heteroatoms. The summed E-state index contributed by atoms with van der Waals surface area (Å²) in [5.74, 6) is 1.46. The van der Waals surface area contributed by atoms with Crippen LogP contribution in [0.2, 0.25) is 0 Å². The standard InChI is InChI=1S/C25H28N6O3/c1-30-14-17(12-28-30)25-13-27-23-5-4-19(10-24(23)29-25)31(15-18-16-34-7-6-26-18)20-8-21(32-2)11-22(9-20)33-3/h4-5,8-14,18,26H,6-7,15-16H2,1-3H3. The normalized spacial score (nSPS) is 15.9. The van der Waals surface area contributed by atoms with Crippen molar-refractivity contribution >= 4 is 22.4 Å². The molecule has 0 saturated carbocycles. The number of methoxy groups -OCH3 is 2. The van der Waals surface area contributed by atoms with Gasteiger partial charge in [0.05, 0.1) is 56.6 Å². The molecule has 0 radical (unpaired) electrons. The minimum atomic E-state index is 0.175. The quantitative estimate of drug-likeness (QED) is 0.450. The van der Waals surface area contributed by atoms with Gasteiger partial charge in [-0.2, -0.15) is 5.10 Å². The number of ether oxygens (including phenoxy) is 3. The molecule has 1 aliphatic rings. The van der Waals surface area contributed by atoms with Crippen LogP contribution in [0.5, 0.6) is 11.5 Å². The molecule has 1 fully saturated rings. The molecule has 1 N–H and O–H groups in total. The summed E-state index contributed by atoms with van der Waals surface area (Å²) in [7, 11) is 5.20. The Morgan fingerprint density at radius 2 is 1.88 bits per heavy atom. The Kier molecular flexibility index (Phi) is 6.29. The molecule has 0 bridgehead atoms. The molecular weight excluding hydrogens is 432 g/mol. The summed E-state index contributed by atoms with van der Waals surface area (Å²) in [6, 6.07) is 12.2. The minimum Gasteiger partial charge on any atom is -0.497 e. The maximum absolute atomic E-state index is 5.71. The lowest BCUT2D eigenvalue weighted by Gasteiger charge is -2.32. The van der Waals surface area contributed by atoms with Crippen LogP contribution in [0, 0.1) is 0 Å². The van der Waals surface area contributed by atoms with Crippen LogP contribution >= 0.6 is 0 Å². The van der Waals surface area contributed by atoms with Crippen LogP contribution in [0.3, 0.4) is 0 Å². The Morgan fingerprint density at radius 1 is 1.06 bits per heavy atom. The van der Waals surface area contributed by atoms with Gasteiger partial charge in [0.25, 0.3) is 0 Å². The van der Waals surface area contributed by atoms with Gasteiger partial charge < -0.3 is 24.4 Å². The predicted octanol–water partition coefficient (Wildman–Crippen LogP) is 3.17. The monoisotopic (exact) mass is 460 g/mol. The number of hydrogen-bond donors (Lipinski definition) is 1. The van der Waals surface area contributed by atoms with Gasteiger partial charge in [-0.3, -0.25) is 9.67 Å². The van der Waals surface area contributed by atoms with Gasteiger partial charge in [0.1, 0.15) is 11.5 Å². The Hall–Kier alpha value is -3.69. The number of fused-ring (bicyclic) bond motifs is 1. The van der Waals surface area contributed by atoms with Crippen LogP contribution in [0.25, 0.3) is 22.3 Å². The van der Waals surface area contributed by atoms with Crippen LogP contribution < -0.4 is 19.7 Å². The molecule has 4 aromatic rings. The molecule has 0 spiro atoms. The summed E-state index contributed by atoms with van der Waals surface area (Å²) >= 11 is 0. The fourth-order valence-electron chi connectivity index (χ4n) is 4.13. The van der Waals surface area contributed by atoms with E-state index in [9.17, 15) is 0 Å². The molecule has 1 saturated heterocycles. The van der Waals surface area contributed by atoms with Crippen LogP contribution in [0.1, 0.15) is 0 Å². The van der Waals surface area contributed by atoms with Crippen LogP contribution in [-0.4, -0.2) is 66.3 Å². The zero-order chi connectivity index (χ0) is 23.5. The third kappa shape index (κ3) is 4.66. The van der Waals surface area contributed by atoms with Crippen molar-refractivity contribution in [1.82, 2.24) is 25.1 Å². The third-order valence-corrected chi connectivity index (χ3v) is 5.89. The average Bonchev–Trinajstić information content (AvgIpc) is 3.33. The minimum absolute atomic E-state index is 0.175. The van der Waals surface area contributed by atoms with Gasteiger partial charge in [-0.05, 0) is 18.2 Å². The first-order valence-corrected chi connectivity index (χ1v) is 11.2. The molecule has 5 rings (SSSR count). The fourth-order valence-corrected chi connectivity index (χ4v) is 4.13. The molecule has 1 aliphatic heterocycles. The molecule has 3 heterocycles. The molecule has 0 amide bonds. The number of nitrogens with one attached hydrogen (secondary N) is 1. The number of anilines is 2. The van der Waals surface area contributed by atoms with Gasteiger partial charge in [0, 0.05) is 67.5 Å². The Labute approximate surface area is 198 Å². The number of benzene rings is 2. The number of aromatic nitrogens is 4. The highest BCUT2D eigenvalue weighted by atomic mass is 16.5. The SMILES string of the molecule is COc1cc(OC)cc(N(CC2COCCN2)c2ccc3ncc(-c4cnn(C)c4)nc3c2)c1. The van der Waals surface area contributed by atoms with E-state index in [-0.39, 0.29) is 6.04 Å². The first kappa shape index (κ1) is 22.1. The smallest absolute Gasteiger partial charge is 0.124 e. The summed E-state index contributed by atoms with van der Waals surface area (Å²) in [5.41, 5.74) is 5.31. The number of hydrogen-bond acceptors (Lipinski definition) is 8. The maximum Gasteiger partial charge on any atom is 0.124 e. The van der Waals surface area contributed by atoms with Crippen LogP contribution in [0.15, 0.2) is 55.0 Å². The molecule has 9 nitrogen and oxygen atoms in total. The highest BCUT2D eigenvalue weighted by Crippen LogP contribution is 2.34. The van der Waals surface area contributed by atoms with Crippen LogP contribution in [-0.2, 0) is 11.8 Å².